The summed E-state index contributed by atoms with van der Waals surface area (Å²) in [4.78, 5) is 16.7. The number of nitrogens with zero attached hydrogens (tertiary/aromatic N) is 2. The molecule has 6 heteroatoms. The van der Waals surface area contributed by atoms with E-state index in [0.29, 0.717) is 12.2 Å². The van der Waals surface area contributed by atoms with Gasteiger partial charge in [-0.05, 0) is 37.1 Å². The van der Waals surface area contributed by atoms with Crippen molar-refractivity contribution in [2.75, 3.05) is 11.1 Å². The number of aliphatic hydroxyl groups is 1. The first-order valence-corrected chi connectivity index (χ1v) is 9.74. The Morgan fingerprint density at radius 3 is 2.63 bits per heavy atom. The number of rotatable bonds is 7. The molecule has 0 saturated carbocycles. The van der Waals surface area contributed by atoms with E-state index in [1.165, 1.54) is 17.3 Å². The van der Waals surface area contributed by atoms with Crippen LogP contribution in [0.15, 0.2) is 59.9 Å². The number of benzene rings is 2. The zero-order valence-electron chi connectivity index (χ0n) is 15.5. The molecule has 3 rings (SSSR count). The maximum absolute atomic E-state index is 12.3. The summed E-state index contributed by atoms with van der Waals surface area (Å²) in [5.41, 5.74) is 4.85. The average molecular weight is 382 g/mol. The van der Waals surface area contributed by atoms with Gasteiger partial charge in [0.1, 0.15) is 0 Å². The monoisotopic (exact) mass is 381 g/mol. The molecule has 0 unspecified atom stereocenters. The van der Waals surface area contributed by atoms with Gasteiger partial charge in [-0.2, -0.15) is 0 Å². The summed E-state index contributed by atoms with van der Waals surface area (Å²) >= 11 is 1.37. The van der Waals surface area contributed by atoms with Crippen LogP contribution in [0.1, 0.15) is 22.4 Å². The fraction of sp³-hybridized carbons (Fsp3) is 0.238. The van der Waals surface area contributed by atoms with Crippen molar-refractivity contribution in [1.29, 1.82) is 0 Å². The van der Waals surface area contributed by atoms with E-state index >= 15 is 0 Å². The fourth-order valence-electron chi connectivity index (χ4n) is 2.70. The number of aliphatic hydroxyl groups excluding tert-OH is 1. The first kappa shape index (κ1) is 19.2. The minimum atomic E-state index is -0.121. The molecule has 27 heavy (non-hydrogen) atoms. The van der Waals surface area contributed by atoms with Gasteiger partial charge in [0, 0.05) is 18.4 Å². The number of hydrogen-bond donors (Lipinski definition) is 2. The number of aryl methyl sites for hydroxylation is 2. The van der Waals surface area contributed by atoms with Gasteiger partial charge in [0.05, 0.1) is 18.1 Å². The molecule has 0 aliphatic heterocycles. The number of aromatic nitrogens is 2. The highest BCUT2D eigenvalue weighted by molar-refractivity contribution is 7.99. The number of carbonyl (C=O) groups is 1. The molecule has 0 fully saturated rings. The van der Waals surface area contributed by atoms with Crippen LogP contribution in [-0.4, -0.2) is 26.3 Å². The molecule has 0 atom stereocenters. The van der Waals surface area contributed by atoms with Gasteiger partial charge in [-0.1, -0.05) is 53.7 Å². The molecule has 3 aromatic rings. The van der Waals surface area contributed by atoms with Crippen LogP contribution < -0.4 is 5.32 Å². The van der Waals surface area contributed by atoms with Crippen molar-refractivity contribution in [1.82, 2.24) is 9.55 Å². The number of anilines is 1. The van der Waals surface area contributed by atoms with Gasteiger partial charge in [-0.3, -0.25) is 4.79 Å². The van der Waals surface area contributed by atoms with E-state index in [9.17, 15) is 9.90 Å². The summed E-state index contributed by atoms with van der Waals surface area (Å²) in [7, 11) is 0. The van der Waals surface area contributed by atoms with E-state index in [4.69, 9.17) is 0 Å². The lowest BCUT2D eigenvalue weighted by atomic mass is 10.1. The number of carbonyl (C=O) groups excluding carboxylic acids is 1. The third-order valence-electron chi connectivity index (χ3n) is 4.06. The highest BCUT2D eigenvalue weighted by Gasteiger charge is 2.12. The van der Waals surface area contributed by atoms with E-state index in [1.54, 1.807) is 0 Å². The first-order chi connectivity index (χ1) is 13.0. The largest absolute Gasteiger partial charge is 0.390 e. The molecule has 0 aliphatic carbocycles. The Labute approximate surface area is 163 Å². The van der Waals surface area contributed by atoms with E-state index < -0.39 is 0 Å². The molecular weight excluding hydrogens is 358 g/mol. The Morgan fingerprint density at radius 1 is 1.15 bits per heavy atom. The average Bonchev–Trinajstić information content (AvgIpc) is 3.04. The third kappa shape index (κ3) is 5.45. The quantitative estimate of drug-likeness (QED) is 0.612. The third-order valence-corrected chi connectivity index (χ3v) is 5.05. The van der Waals surface area contributed by atoms with Gasteiger partial charge in [0.25, 0.3) is 0 Å². The lowest BCUT2D eigenvalue weighted by molar-refractivity contribution is -0.113. The second kappa shape index (κ2) is 8.88. The number of amides is 1. The predicted octanol–water partition coefficient (Wildman–Crippen LogP) is 3.77. The van der Waals surface area contributed by atoms with Gasteiger partial charge in [0.15, 0.2) is 5.16 Å². The van der Waals surface area contributed by atoms with Crippen molar-refractivity contribution in [3.05, 3.63) is 77.1 Å². The van der Waals surface area contributed by atoms with Crippen LogP contribution >= 0.6 is 11.8 Å². The van der Waals surface area contributed by atoms with Crippen molar-refractivity contribution < 1.29 is 9.90 Å². The van der Waals surface area contributed by atoms with E-state index in [0.717, 1.165) is 22.0 Å². The molecule has 2 N–H and O–H groups in total. The molecule has 140 valence electrons. The zero-order chi connectivity index (χ0) is 19.2. The first-order valence-electron chi connectivity index (χ1n) is 8.75. The van der Waals surface area contributed by atoms with Crippen LogP contribution in [0.2, 0.25) is 0 Å². The standard InChI is InChI=1S/C21H23N3O2S/c1-15-6-8-17(9-7-15)11-24-12-19(13-25)23-21(24)27-14-20(26)22-18-5-3-4-16(2)10-18/h3-10,12,25H,11,13-14H2,1-2H3,(H,22,26). The van der Waals surface area contributed by atoms with Crippen molar-refractivity contribution >= 4 is 23.4 Å². The predicted molar refractivity (Wildman–Crippen MR) is 109 cm³/mol. The van der Waals surface area contributed by atoms with Crippen LogP contribution in [-0.2, 0) is 17.9 Å². The van der Waals surface area contributed by atoms with Gasteiger partial charge >= 0.3 is 0 Å². The lowest BCUT2D eigenvalue weighted by Gasteiger charge is -2.09. The SMILES string of the molecule is Cc1ccc(Cn2cc(CO)nc2SCC(=O)Nc2cccc(C)c2)cc1. The smallest absolute Gasteiger partial charge is 0.234 e. The fourth-order valence-corrected chi connectivity index (χ4v) is 3.49. The molecule has 0 aliphatic rings. The minimum absolute atomic E-state index is 0.0824. The van der Waals surface area contributed by atoms with Gasteiger partial charge in [-0.25, -0.2) is 4.98 Å². The van der Waals surface area contributed by atoms with E-state index in [-0.39, 0.29) is 18.3 Å². The Bertz CT molecular complexity index is 919. The summed E-state index contributed by atoms with van der Waals surface area (Å²) in [6, 6.07) is 16.0. The van der Waals surface area contributed by atoms with Gasteiger partial charge in [-0.15, -0.1) is 0 Å². The molecular formula is C21H23N3O2S. The summed E-state index contributed by atoms with van der Waals surface area (Å²) in [6.07, 6.45) is 1.83. The number of imidazole rings is 1. The Hall–Kier alpha value is -2.57. The molecule has 0 saturated heterocycles. The van der Waals surface area contributed by atoms with Crippen LogP contribution in [0.4, 0.5) is 5.69 Å². The lowest BCUT2D eigenvalue weighted by Crippen LogP contribution is -2.14. The summed E-state index contributed by atoms with van der Waals surface area (Å²) < 4.78 is 1.97. The summed E-state index contributed by atoms with van der Waals surface area (Å²) in [5, 5.41) is 13.0. The molecule has 0 bridgehead atoms. The van der Waals surface area contributed by atoms with Crippen molar-refractivity contribution in [2.45, 2.75) is 32.2 Å². The van der Waals surface area contributed by atoms with Crippen molar-refractivity contribution in [3.63, 3.8) is 0 Å². The summed E-state index contributed by atoms with van der Waals surface area (Å²) in [5.74, 6) is 0.171. The Kier molecular flexibility index (Phi) is 6.32. The molecule has 2 aromatic carbocycles. The molecule has 1 aromatic heterocycles. The zero-order valence-corrected chi connectivity index (χ0v) is 16.3. The minimum Gasteiger partial charge on any atom is -0.390 e. The van der Waals surface area contributed by atoms with Gasteiger partial charge in [0.2, 0.25) is 5.91 Å². The number of thioether (sulfide) groups is 1. The van der Waals surface area contributed by atoms with Gasteiger partial charge < -0.3 is 15.0 Å². The van der Waals surface area contributed by atoms with Crippen LogP contribution in [0, 0.1) is 13.8 Å². The Morgan fingerprint density at radius 2 is 1.93 bits per heavy atom. The van der Waals surface area contributed by atoms with Crippen molar-refractivity contribution in [2.24, 2.45) is 0 Å². The highest BCUT2D eigenvalue weighted by atomic mass is 32.2. The maximum atomic E-state index is 12.3. The molecule has 1 heterocycles. The molecule has 1 amide bonds. The van der Waals surface area contributed by atoms with Crippen LogP contribution in [0.5, 0.6) is 0 Å². The maximum Gasteiger partial charge on any atom is 0.234 e. The summed E-state index contributed by atoms with van der Waals surface area (Å²) in [6.45, 7) is 4.57. The normalized spacial score (nSPS) is 10.8. The van der Waals surface area contributed by atoms with Crippen molar-refractivity contribution in [3.8, 4) is 0 Å². The Balaban J connectivity index is 1.66. The highest BCUT2D eigenvalue weighted by Crippen LogP contribution is 2.20. The van der Waals surface area contributed by atoms with E-state index in [1.807, 2.05) is 42.0 Å². The molecule has 0 radical (unpaired) electrons. The molecule has 0 spiro atoms. The van der Waals surface area contributed by atoms with E-state index in [2.05, 4.69) is 41.5 Å². The van der Waals surface area contributed by atoms with Crippen LogP contribution in [0.3, 0.4) is 0 Å². The number of nitrogens with one attached hydrogen (secondary N) is 1. The molecule has 5 nitrogen and oxygen atoms in total. The van der Waals surface area contributed by atoms with Crippen LogP contribution in [0.25, 0.3) is 0 Å². The second-order valence-corrected chi connectivity index (χ2v) is 7.44. The number of hydrogen-bond acceptors (Lipinski definition) is 4. The second-order valence-electron chi connectivity index (χ2n) is 6.49. The topological polar surface area (TPSA) is 67.1 Å².